The van der Waals surface area contributed by atoms with Crippen LogP contribution in [0, 0.1) is 0 Å². The molecule has 11 heteroatoms. The second kappa shape index (κ2) is 11.9. The predicted octanol–water partition coefficient (Wildman–Crippen LogP) is 3.14. The Hall–Kier alpha value is -3.60. The lowest BCUT2D eigenvalue weighted by Crippen LogP contribution is -2.35. The molecule has 0 radical (unpaired) electrons. The molecular formula is C25H28ClN7O3. The Morgan fingerprint density at radius 1 is 1.19 bits per heavy atom. The zero-order valence-electron chi connectivity index (χ0n) is 19.9. The maximum Gasteiger partial charge on any atom is 0.325 e. The van der Waals surface area contributed by atoms with Crippen molar-refractivity contribution < 1.29 is 14.6 Å². The van der Waals surface area contributed by atoms with E-state index in [1.54, 1.807) is 0 Å². The molecule has 4 N–H and O–H groups in total. The Balaban J connectivity index is 1.59. The monoisotopic (exact) mass is 509 g/mol. The lowest BCUT2D eigenvalue weighted by molar-refractivity contribution is -0.147. The highest BCUT2D eigenvalue weighted by atomic mass is 35.5. The van der Waals surface area contributed by atoms with E-state index in [-0.39, 0.29) is 11.8 Å². The summed E-state index contributed by atoms with van der Waals surface area (Å²) in [7, 11) is 0. The summed E-state index contributed by atoms with van der Waals surface area (Å²) in [4.78, 5) is 16.5. The Bertz CT molecular complexity index is 1290. The molecule has 2 heterocycles. The van der Waals surface area contributed by atoms with Crippen LogP contribution in [0.3, 0.4) is 0 Å². The number of imidazole rings is 1. The number of halogens is 1. The standard InChI is InChI=1S/C25H28ClN7O3/c1-2-3-8-22-28-23(26)21(15-36-25(35)20(27)14-34)33(22)13-16-9-11-17(12-10-16)18-6-4-5-7-19(18)24-29-31-32-30-24/h4-7,9-12,20,34H,2-3,8,13-15,27H2,1H3,(H,29,30,31,32). The Morgan fingerprint density at radius 2 is 1.94 bits per heavy atom. The second-order valence-corrected chi connectivity index (χ2v) is 8.69. The number of nitrogens with one attached hydrogen (secondary N) is 1. The fraction of sp³-hybridized carbons (Fsp3) is 0.320. The van der Waals surface area contributed by atoms with Gasteiger partial charge < -0.3 is 20.1 Å². The van der Waals surface area contributed by atoms with E-state index in [9.17, 15) is 4.79 Å². The highest BCUT2D eigenvalue weighted by molar-refractivity contribution is 6.30. The van der Waals surface area contributed by atoms with Gasteiger partial charge in [-0.1, -0.05) is 73.5 Å². The number of aliphatic hydroxyl groups excluding tert-OH is 1. The van der Waals surface area contributed by atoms with E-state index in [0.29, 0.717) is 18.1 Å². The summed E-state index contributed by atoms with van der Waals surface area (Å²) in [6, 6.07) is 14.9. The van der Waals surface area contributed by atoms with Crippen LogP contribution in [0.5, 0.6) is 0 Å². The molecule has 0 spiro atoms. The van der Waals surface area contributed by atoms with Gasteiger partial charge in [0.05, 0.1) is 12.3 Å². The smallest absolute Gasteiger partial charge is 0.325 e. The van der Waals surface area contributed by atoms with Crippen LogP contribution in [0.1, 0.15) is 36.8 Å². The number of benzene rings is 2. The minimum absolute atomic E-state index is 0.0827. The number of aryl methyl sites for hydroxylation is 1. The van der Waals surface area contributed by atoms with Crippen LogP contribution in [0.4, 0.5) is 0 Å². The van der Waals surface area contributed by atoms with Crippen LogP contribution >= 0.6 is 11.6 Å². The van der Waals surface area contributed by atoms with E-state index in [1.807, 2.05) is 53.1 Å². The summed E-state index contributed by atoms with van der Waals surface area (Å²) in [5.74, 6) is 0.662. The average Bonchev–Trinajstić information content (AvgIpc) is 3.54. The summed E-state index contributed by atoms with van der Waals surface area (Å²) >= 11 is 6.44. The Morgan fingerprint density at radius 3 is 2.61 bits per heavy atom. The Kier molecular flexibility index (Phi) is 8.42. The second-order valence-electron chi connectivity index (χ2n) is 8.33. The van der Waals surface area contributed by atoms with Gasteiger partial charge in [-0.25, -0.2) is 4.98 Å². The summed E-state index contributed by atoms with van der Waals surface area (Å²) in [6.07, 6.45) is 2.71. The highest BCUT2D eigenvalue weighted by Gasteiger charge is 2.20. The van der Waals surface area contributed by atoms with E-state index in [1.165, 1.54) is 0 Å². The van der Waals surface area contributed by atoms with E-state index in [0.717, 1.165) is 47.3 Å². The van der Waals surface area contributed by atoms with Gasteiger partial charge >= 0.3 is 5.97 Å². The van der Waals surface area contributed by atoms with Crippen LogP contribution in [0.2, 0.25) is 5.15 Å². The van der Waals surface area contributed by atoms with Crippen LogP contribution in [-0.4, -0.2) is 53.9 Å². The SMILES string of the molecule is CCCCc1nc(Cl)c(COC(=O)C(N)CO)n1Cc1ccc(-c2ccccc2-c2nn[nH]n2)cc1. The molecule has 0 amide bonds. The van der Waals surface area contributed by atoms with Gasteiger partial charge in [0.1, 0.15) is 18.5 Å². The predicted molar refractivity (Wildman–Crippen MR) is 135 cm³/mol. The number of hydrogen-bond donors (Lipinski definition) is 3. The minimum Gasteiger partial charge on any atom is -0.458 e. The maximum absolute atomic E-state index is 12.0. The molecule has 188 valence electrons. The van der Waals surface area contributed by atoms with Crippen molar-refractivity contribution in [3.63, 3.8) is 0 Å². The van der Waals surface area contributed by atoms with Crippen molar-refractivity contribution in [1.29, 1.82) is 0 Å². The first kappa shape index (κ1) is 25.5. The quantitative estimate of drug-likeness (QED) is 0.261. The van der Waals surface area contributed by atoms with Gasteiger partial charge in [-0.2, -0.15) is 5.21 Å². The number of hydrogen-bond acceptors (Lipinski definition) is 8. The van der Waals surface area contributed by atoms with E-state index in [2.05, 4.69) is 32.5 Å². The van der Waals surface area contributed by atoms with Crippen LogP contribution in [0.25, 0.3) is 22.5 Å². The molecule has 4 rings (SSSR count). The summed E-state index contributed by atoms with van der Waals surface area (Å²) < 4.78 is 7.28. The number of nitrogens with two attached hydrogens (primary N) is 1. The fourth-order valence-electron chi connectivity index (χ4n) is 3.85. The number of aromatic nitrogens is 6. The van der Waals surface area contributed by atoms with Gasteiger partial charge in [-0.05, 0) is 28.3 Å². The topological polar surface area (TPSA) is 145 Å². The molecule has 0 aliphatic heterocycles. The molecule has 0 saturated carbocycles. The van der Waals surface area contributed by atoms with E-state index >= 15 is 0 Å². The molecule has 0 saturated heterocycles. The lowest BCUT2D eigenvalue weighted by atomic mass is 9.98. The maximum atomic E-state index is 12.0. The molecule has 1 atom stereocenters. The van der Waals surface area contributed by atoms with Crippen molar-refractivity contribution in [2.75, 3.05) is 6.61 Å². The number of aromatic amines is 1. The number of carbonyl (C=O) groups excluding carboxylic acids is 1. The summed E-state index contributed by atoms with van der Waals surface area (Å²) in [5, 5.41) is 23.8. The Labute approximate surface area is 213 Å². The van der Waals surface area contributed by atoms with E-state index in [4.69, 9.17) is 27.2 Å². The zero-order valence-corrected chi connectivity index (χ0v) is 20.6. The summed E-state index contributed by atoms with van der Waals surface area (Å²) in [5.41, 5.74) is 10.1. The molecular weight excluding hydrogens is 482 g/mol. The molecule has 10 nitrogen and oxygen atoms in total. The number of H-pyrrole nitrogens is 1. The molecule has 4 aromatic rings. The molecule has 2 aromatic carbocycles. The third kappa shape index (κ3) is 5.78. The molecule has 0 aliphatic rings. The number of ether oxygens (including phenoxy) is 1. The fourth-order valence-corrected chi connectivity index (χ4v) is 4.11. The molecule has 0 fully saturated rings. The van der Waals surface area contributed by atoms with Gasteiger partial charge in [-0.3, -0.25) is 4.79 Å². The number of tetrazole rings is 1. The normalized spacial score (nSPS) is 12.0. The lowest BCUT2D eigenvalue weighted by Gasteiger charge is -2.14. The molecule has 0 aliphatic carbocycles. The van der Waals surface area contributed by atoms with Crippen molar-refractivity contribution in [2.45, 2.75) is 45.4 Å². The first-order valence-electron chi connectivity index (χ1n) is 11.7. The van der Waals surface area contributed by atoms with Crippen molar-refractivity contribution in [3.8, 4) is 22.5 Å². The minimum atomic E-state index is -1.09. The van der Waals surface area contributed by atoms with Crippen molar-refractivity contribution >= 4 is 17.6 Å². The van der Waals surface area contributed by atoms with Crippen LogP contribution in [0.15, 0.2) is 48.5 Å². The molecule has 1 unspecified atom stereocenters. The van der Waals surface area contributed by atoms with Crippen molar-refractivity contribution in [2.24, 2.45) is 5.73 Å². The van der Waals surface area contributed by atoms with Gasteiger partial charge in [0, 0.05) is 18.5 Å². The largest absolute Gasteiger partial charge is 0.458 e. The summed E-state index contributed by atoms with van der Waals surface area (Å²) in [6.45, 7) is 2.04. The molecule has 0 bridgehead atoms. The molecule has 36 heavy (non-hydrogen) atoms. The zero-order chi connectivity index (χ0) is 25.5. The number of rotatable bonds is 11. The third-order valence-electron chi connectivity index (χ3n) is 5.83. The number of nitrogens with zero attached hydrogens (tertiary/aromatic N) is 5. The van der Waals surface area contributed by atoms with Crippen molar-refractivity contribution in [1.82, 2.24) is 30.2 Å². The molecule has 2 aromatic heterocycles. The number of carbonyl (C=O) groups is 1. The van der Waals surface area contributed by atoms with Gasteiger partial charge in [0.25, 0.3) is 0 Å². The highest BCUT2D eigenvalue weighted by Crippen LogP contribution is 2.30. The van der Waals surface area contributed by atoms with Gasteiger partial charge in [0.2, 0.25) is 5.82 Å². The number of esters is 1. The van der Waals surface area contributed by atoms with Crippen LogP contribution < -0.4 is 5.73 Å². The van der Waals surface area contributed by atoms with Gasteiger partial charge in [0.15, 0.2) is 5.15 Å². The average molecular weight is 510 g/mol. The van der Waals surface area contributed by atoms with Gasteiger partial charge in [-0.15, -0.1) is 10.2 Å². The first-order chi connectivity index (χ1) is 17.5. The first-order valence-corrected chi connectivity index (χ1v) is 12.1. The van der Waals surface area contributed by atoms with Crippen LogP contribution in [-0.2, 0) is 29.1 Å². The number of aliphatic hydroxyl groups is 1. The third-order valence-corrected chi connectivity index (χ3v) is 6.13. The van der Waals surface area contributed by atoms with Crippen molar-refractivity contribution in [3.05, 3.63) is 70.8 Å². The number of unbranched alkanes of at least 4 members (excludes halogenated alkanes) is 1. The van der Waals surface area contributed by atoms with E-state index < -0.39 is 18.6 Å².